The van der Waals surface area contributed by atoms with Crippen molar-refractivity contribution in [2.45, 2.75) is 38.5 Å². The molecule has 0 aliphatic heterocycles. The Morgan fingerprint density at radius 2 is 1.00 bits per heavy atom. The largest absolute Gasteiger partial charge is 0.394 e. The van der Waals surface area contributed by atoms with Gasteiger partial charge in [-0.2, -0.15) is 0 Å². The zero-order valence-electron chi connectivity index (χ0n) is 15.1. The van der Waals surface area contributed by atoms with Gasteiger partial charge >= 0.3 is 0 Å². The van der Waals surface area contributed by atoms with Gasteiger partial charge in [-0.25, -0.2) is 0 Å². The molecule has 0 aromatic rings. The van der Waals surface area contributed by atoms with E-state index in [1.165, 1.54) is 38.5 Å². The van der Waals surface area contributed by atoms with Crippen LogP contribution < -0.4 is 0 Å². The summed E-state index contributed by atoms with van der Waals surface area (Å²) >= 11 is 0. The molecule has 0 aromatic heterocycles. The highest BCUT2D eigenvalue weighted by Gasteiger charge is 2.13. The lowest BCUT2D eigenvalue weighted by molar-refractivity contribution is -0.0135. The van der Waals surface area contributed by atoms with E-state index in [4.69, 9.17) is 28.8 Å². The number of hydrogen-bond acceptors (Lipinski definition) is 6. The molecule has 0 unspecified atom stereocenters. The van der Waals surface area contributed by atoms with E-state index in [0.29, 0.717) is 59.5 Å². The zero-order chi connectivity index (χ0) is 17.1. The number of hydrogen-bond donors (Lipinski definition) is 1. The number of ether oxygens (including phenoxy) is 5. The van der Waals surface area contributed by atoms with Crippen LogP contribution in [-0.4, -0.2) is 77.8 Å². The molecule has 0 saturated heterocycles. The molecule has 0 bridgehead atoms. The predicted octanol–water partition coefficient (Wildman–Crippen LogP) is 2.03. The van der Waals surface area contributed by atoms with Crippen LogP contribution in [-0.2, 0) is 23.7 Å². The van der Waals surface area contributed by atoms with Gasteiger partial charge in [0, 0.05) is 6.61 Å². The number of aliphatic hydroxyl groups excluding tert-OH is 1. The SMILES string of the molecule is OCCOCCOCCOCCOCCOCCCC1CCCC1. The van der Waals surface area contributed by atoms with E-state index in [0.717, 1.165) is 12.5 Å². The summed E-state index contributed by atoms with van der Waals surface area (Å²) in [5.41, 5.74) is 0. The molecule has 6 heteroatoms. The van der Waals surface area contributed by atoms with Crippen molar-refractivity contribution in [3.8, 4) is 0 Å². The van der Waals surface area contributed by atoms with Gasteiger partial charge < -0.3 is 28.8 Å². The monoisotopic (exact) mass is 348 g/mol. The lowest BCUT2D eigenvalue weighted by Crippen LogP contribution is -2.13. The Bertz CT molecular complexity index is 246. The van der Waals surface area contributed by atoms with Crippen molar-refractivity contribution in [3.63, 3.8) is 0 Å². The van der Waals surface area contributed by atoms with Crippen molar-refractivity contribution in [3.05, 3.63) is 0 Å². The summed E-state index contributed by atoms with van der Waals surface area (Å²) in [4.78, 5) is 0. The molecule has 0 radical (unpaired) electrons. The fourth-order valence-electron chi connectivity index (χ4n) is 2.82. The molecule has 1 fully saturated rings. The van der Waals surface area contributed by atoms with Crippen LogP contribution in [0.3, 0.4) is 0 Å². The van der Waals surface area contributed by atoms with Gasteiger partial charge in [0.15, 0.2) is 0 Å². The summed E-state index contributed by atoms with van der Waals surface area (Å²) in [5.74, 6) is 0.957. The minimum Gasteiger partial charge on any atom is -0.394 e. The van der Waals surface area contributed by atoms with Crippen LogP contribution in [0.15, 0.2) is 0 Å². The fraction of sp³-hybridized carbons (Fsp3) is 1.00. The summed E-state index contributed by atoms with van der Waals surface area (Å²) in [7, 11) is 0. The molecule has 1 rings (SSSR count). The van der Waals surface area contributed by atoms with Crippen molar-refractivity contribution in [2.75, 3.05) is 72.7 Å². The average Bonchev–Trinajstić information content (AvgIpc) is 3.11. The first-order valence-corrected chi connectivity index (χ1v) is 9.43. The van der Waals surface area contributed by atoms with Crippen LogP contribution in [0.1, 0.15) is 38.5 Å². The summed E-state index contributed by atoms with van der Waals surface area (Å²) < 4.78 is 26.8. The van der Waals surface area contributed by atoms with Crippen LogP contribution in [0.4, 0.5) is 0 Å². The molecule has 0 aromatic carbocycles. The molecule has 24 heavy (non-hydrogen) atoms. The Balaban J connectivity index is 1.63. The van der Waals surface area contributed by atoms with Gasteiger partial charge in [0.1, 0.15) is 0 Å². The second-order valence-corrected chi connectivity index (χ2v) is 6.08. The minimum absolute atomic E-state index is 0.0502. The molecule has 0 heterocycles. The molecule has 1 saturated carbocycles. The van der Waals surface area contributed by atoms with Crippen LogP contribution >= 0.6 is 0 Å². The molecule has 0 spiro atoms. The van der Waals surface area contributed by atoms with E-state index >= 15 is 0 Å². The van der Waals surface area contributed by atoms with E-state index in [2.05, 4.69) is 0 Å². The zero-order valence-corrected chi connectivity index (χ0v) is 15.1. The normalized spacial score (nSPS) is 15.4. The van der Waals surface area contributed by atoms with Crippen molar-refractivity contribution in [1.29, 1.82) is 0 Å². The van der Waals surface area contributed by atoms with Gasteiger partial charge in [0.05, 0.1) is 66.1 Å². The highest BCUT2D eigenvalue weighted by atomic mass is 16.6. The van der Waals surface area contributed by atoms with Crippen molar-refractivity contribution < 1.29 is 28.8 Å². The quantitative estimate of drug-likeness (QED) is 0.382. The maximum atomic E-state index is 8.52. The van der Waals surface area contributed by atoms with Crippen LogP contribution in [0.2, 0.25) is 0 Å². The first kappa shape index (κ1) is 21.8. The van der Waals surface area contributed by atoms with Gasteiger partial charge in [-0.05, 0) is 18.8 Å². The molecular weight excluding hydrogens is 312 g/mol. The molecule has 1 aliphatic carbocycles. The van der Waals surface area contributed by atoms with E-state index in [9.17, 15) is 0 Å². The van der Waals surface area contributed by atoms with Gasteiger partial charge in [0.25, 0.3) is 0 Å². The van der Waals surface area contributed by atoms with E-state index in [1.54, 1.807) is 0 Å². The molecular formula is C18H36O6. The van der Waals surface area contributed by atoms with E-state index < -0.39 is 0 Å². The molecule has 1 aliphatic rings. The molecule has 0 atom stereocenters. The Morgan fingerprint density at radius 3 is 1.46 bits per heavy atom. The van der Waals surface area contributed by atoms with Crippen molar-refractivity contribution >= 4 is 0 Å². The Morgan fingerprint density at radius 1 is 0.583 bits per heavy atom. The number of rotatable bonds is 18. The molecule has 6 nitrogen and oxygen atoms in total. The fourth-order valence-corrected chi connectivity index (χ4v) is 2.82. The Hall–Kier alpha value is -0.240. The van der Waals surface area contributed by atoms with E-state index in [1.807, 2.05) is 0 Å². The summed E-state index contributed by atoms with van der Waals surface area (Å²) in [6, 6.07) is 0. The predicted molar refractivity (Wildman–Crippen MR) is 92.4 cm³/mol. The van der Waals surface area contributed by atoms with Crippen LogP contribution in [0.5, 0.6) is 0 Å². The van der Waals surface area contributed by atoms with Gasteiger partial charge in [-0.1, -0.05) is 25.7 Å². The van der Waals surface area contributed by atoms with Crippen LogP contribution in [0.25, 0.3) is 0 Å². The summed E-state index contributed by atoms with van der Waals surface area (Å²) in [6.45, 7) is 5.87. The van der Waals surface area contributed by atoms with Gasteiger partial charge in [-0.15, -0.1) is 0 Å². The van der Waals surface area contributed by atoms with Crippen molar-refractivity contribution in [2.24, 2.45) is 5.92 Å². The Kier molecular flexibility index (Phi) is 16.0. The third-order valence-electron chi connectivity index (χ3n) is 4.10. The molecule has 144 valence electrons. The smallest absolute Gasteiger partial charge is 0.0701 e. The van der Waals surface area contributed by atoms with E-state index in [-0.39, 0.29) is 6.61 Å². The third kappa shape index (κ3) is 14.1. The average molecular weight is 348 g/mol. The lowest BCUT2D eigenvalue weighted by atomic mass is 10.0. The summed E-state index contributed by atoms with van der Waals surface area (Å²) in [5, 5.41) is 8.52. The lowest BCUT2D eigenvalue weighted by Gasteiger charge is -2.09. The topological polar surface area (TPSA) is 66.4 Å². The highest BCUT2D eigenvalue weighted by Crippen LogP contribution is 2.28. The standard InChI is InChI=1S/C18H36O6/c19-7-9-21-11-13-23-15-17-24-16-14-22-12-10-20-8-3-6-18-4-1-2-5-18/h18-19H,1-17H2. The first-order chi connectivity index (χ1) is 11.9. The number of aliphatic hydroxyl groups is 1. The highest BCUT2D eigenvalue weighted by molar-refractivity contribution is 4.66. The summed E-state index contributed by atoms with van der Waals surface area (Å²) in [6.07, 6.45) is 8.19. The molecule has 0 amide bonds. The van der Waals surface area contributed by atoms with Crippen molar-refractivity contribution in [1.82, 2.24) is 0 Å². The Labute approximate surface area is 146 Å². The molecule has 1 N–H and O–H groups in total. The maximum Gasteiger partial charge on any atom is 0.0701 e. The minimum atomic E-state index is 0.0502. The van der Waals surface area contributed by atoms with Gasteiger partial charge in [0.2, 0.25) is 0 Å². The first-order valence-electron chi connectivity index (χ1n) is 9.43. The van der Waals surface area contributed by atoms with Crippen LogP contribution in [0, 0.1) is 5.92 Å². The van der Waals surface area contributed by atoms with Gasteiger partial charge in [-0.3, -0.25) is 0 Å². The second kappa shape index (κ2) is 17.6. The second-order valence-electron chi connectivity index (χ2n) is 6.08. The third-order valence-corrected chi connectivity index (χ3v) is 4.10. The maximum absolute atomic E-state index is 8.52.